The molecule has 13 heavy (non-hydrogen) atoms. The van der Waals surface area contributed by atoms with Crippen molar-refractivity contribution in [2.75, 3.05) is 26.2 Å². The third-order valence-electron chi connectivity index (χ3n) is 4.01. The van der Waals surface area contributed by atoms with E-state index in [-0.39, 0.29) is 0 Å². The molecular weight excluding hydrogens is 160 g/mol. The molecule has 1 N–H and O–H groups in total. The number of rotatable bonds is 2. The van der Waals surface area contributed by atoms with Crippen molar-refractivity contribution in [1.29, 1.82) is 0 Å². The Bertz CT molecular complexity index is 189. The average molecular weight is 180 g/mol. The summed E-state index contributed by atoms with van der Waals surface area (Å²) < 4.78 is 0. The van der Waals surface area contributed by atoms with Gasteiger partial charge in [0.05, 0.1) is 0 Å². The lowest BCUT2D eigenvalue weighted by atomic mass is 9.94. The minimum Gasteiger partial charge on any atom is -0.316 e. The van der Waals surface area contributed by atoms with Gasteiger partial charge in [-0.15, -0.1) is 0 Å². The summed E-state index contributed by atoms with van der Waals surface area (Å²) >= 11 is 0. The molecule has 2 heterocycles. The van der Waals surface area contributed by atoms with E-state index in [4.69, 9.17) is 0 Å². The Balaban J connectivity index is 1.61. The number of likely N-dealkylation sites (tertiary alicyclic amines) is 1. The van der Waals surface area contributed by atoms with Gasteiger partial charge in [0.1, 0.15) is 0 Å². The highest BCUT2D eigenvalue weighted by Gasteiger charge is 2.37. The van der Waals surface area contributed by atoms with Crippen LogP contribution in [0.3, 0.4) is 0 Å². The Morgan fingerprint density at radius 2 is 2.08 bits per heavy atom. The molecule has 2 unspecified atom stereocenters. The standard InChI is InChI=1S/C11H20N2/c1-2-9(1)8-13-6-4-10-7-12-5-3-11(10)13/h9-12H,1-8H2. The van der Waals surface area contributed by atoms with Crippen LogP contribution < -0.4 is 5.32 Å². The molecule has 0 aromatic carbocycles. The van der Waals surface area contributed by atoms with Crippen LogP contribution in [0.15, 0.2) is 0 Å². The number of nitrogens with zero attached hydrogens (tertiary/aromatic N) is 1. The fourth-order valence-electron chi connectivity index (χ4n) is 3.04. The molecule has 74 valence electrons. The van der Waals surface area contributed by atoms with Crippen molar-refractivity contribution in [2.45, 2.75) is 31.7 Å². The summed E-state index contributed by atoms with van der Waals surface area (Å²) in [6.45, 7) is 5.34. The average Bonchev–Trinajstić information content (AvgIpc) is 2.88. The Kier molecular flexibility index (Phi) is 2.06. The summed E-state index contributed by atoms with van der Waals surface area (Å²) in [7, 11) is 0. The van der Waals surface area contributed by atoms with Crippen molar-refractivity contribution >= 4 is 0 Å². The number of fused-ring (bicyclic) bond motifs is 1. The second-order valence-electron chi connectivity index (χ2n) is 5.05. The van der Waals surface area contributed by atoms with Gasteiger partial charge in [-0.25, -0.2) is 0 Å². The number of hydrogen-bond acceptors (Lipinski definition) is 2. The number of nitrogens with one attached hydrogen (secondary N) is 1. The number of hydrogen-bond donors (Lipinski definition) is 1. The van der Waals surface area contributed by atoms with E-state index >= 15 is 0 Å². The van der Waals surface area contributed by atoms with Gasteiger partial charge >= 0.3 is 0 Å². The van der Waals surface area contributed by atoms with Crippen LogP contribution in [0.1, 0.15) is 25.7 Å². The molecule has 3 aliphatic rings. The molecule has 0 spiro atoms. The van der Waals surface area contributed by atoms with Crippen LogP contribution in [0.5, 0.6) is 0 Å². The molecule has 2 heteroatoms. The van der Waals surface area contributed by atoms with Crippen molar-refractivity contribution < 1.29 is 0 Å². The lowest BCUT2D eigenvalue weighted by Gasteiger charge is -2.32. The monoisotopic (exact) mass is 180 g/mol. The van der Waals surface area contributed by atoms with Gasteiger partial charge in [-0.2, -0.15) is 0 Å². The molecule has 2 aliphatic heterocycles. The van der Waals surface area contributed by atoms with Crippen LogP contribution in [0.2, 0.25) is 0 Å². The first-order chi connectivity index (χ1) is 6.43. The molecule has 2 atom stereocenters. The second-order valence-corrected chi connectivity index (χ2v) is 5.05. The number of piperidine rings is 1. The maximum atomic E-state index is 3.52. The highest BCUT2D eigenvalue weighted by molar-refractivity contribution is 4.93. The van der Waals surface area contributed by atoms with Crippen LogP contribution in [-0.2, 0) is 0 Å². The van der Waals surface area contributed by atoms with Gasteiger partial charge in [0.25, 0.3) is 0 Å². The first kappa shape index (κ1) is 8.25. The summed E-state index contributed by atoms with van der Waals surface area (Å²) in [5, 5.41) is 3.52. The smallest absolute Gasteiger partial charge is 0.0148 e. The van der Waals surface area contributed by atoms with E-state index in [9.17, 15) is 0 Å². The van der Waals surface area contributed by atoms with Crippen LogP contribution in [0.4, 0.5) is 0 Å². The highest BCUT2D eigenvalue weighted by atomic mass is 15.2. The molecule has 1 saturated carbocycles. The summed E-state index contributed by atoms with van der Waals surface area (Å²) in [4.78, 5) is 2.78. The van der Waals surface area contributed by atoms with Gasteiger partial charge in [0, 0.05) is 12.6 Å². The third kappa shape index (κ3) is 1.62. The lowest BCUT2D eigenvalue weighted by molar-refractivity contribution is 0.185. The summed E-state index contributed by atoms with van der Waals surface area (Å²) in [6.07, 6.45) is 5.86. The van der Waals surface area contributed by atoms with Crippen molar-refractivity contribution in [1.82, 2.24) is 10.2 Å². The predicted molar refractivity (Wildman–Crippen MR) is 53.7 cm³/mol. The molecule has 1 aliphatic carbocycles. The van der Waals surface area contributed by atoms with E-state index in [0.29, 0.717) is 0 Å². The zero-order chi connectivity index (χ0) is 8.67. The van der Waals surface area contributed by atoms with Crippen LogP contribution in [0, 0.1) is 11.8 Å². The molecule has 0 bridgehead atoms. The van der Waals surface area contributed by atoms with Crippen LogP contribution in [-0.4, -0.2) is 37.1 Å². The molecule has 0 aromatic rings. The second kappa shape index (κ2) is 3.25. The highest BCUT2D eigenvalue weighted by Crippen LogP contribution is 2.35. The van der Waals surface area contributed by atoms with Gasteiger partial charge in [0.15, 0.2) is 0 Å². The first-order valence-corrected chi connectivity index (χ1v) is 5.88. The van der Waals surface area contributed by atoms with E-state index in [1.165, 1.54) is 51.9 Å². The normalized spacial score (nSPS) is 40.6. The van der Waals surface area contributed by atoms with Gasteiger partial charge in [-0.3, -0.25) is 4.90 Å². The predicted octanol–water partition coefficient (Wildman–Crippen LogP) is 1.08. The zero-order valence-electron chi connectivity index (χ0n) is 8.34. The van der Waals surface area contributed by atoms with Crippen molar-refractivity contribution in [3.63, 3.8) is 0 Å². The quantitative estimate of drug-likeness (QED) is 0.684. The summed E-state index contributed by atoms with van der Waals surface area (Å²) in [6, 6.07) is 0.946. The minimum absolute atomic E-state index is 0.946. The molecular formula is C11H20N2. The van der Waals surface area contributed by atoms with E-state index in [2.05, 4.69) is 10.2 Å². The van der Waals surface area contributed by atoms with Crippen molar-refractivity contribution in [3.05, 3.63) is 0 Å². The van der Waals surface area contributed by atoms with Gasteiger partial charge in [0.2, 0.25) is 0 Å². The first-order valence-electron chi connectivity index (χ1n) is 5.88. The topological polar surface area (TPSA) is 15.3 Å². The molecule has 2 saturated heterocycles. The molecule has 2 nitrogen and oxygen atoms in total. The minimum atomic E-state index is 0.946. The molecule has 0 radical (unpaired) electrons. The van der Waals surface area contributed by atoms with Crippen molar-refractivity contribution in [2.24, 2.45) is 11.8 Å². The summed E-state index contributed by atoms with van der Waals surface area (Å²) in [5.41, 5.74) is 0. The Morgan fingerprint density at radius 3 is 2.92 bits per heavy atom. The Hall–Kier alpha value is -0.0800. The maximum Gasteiger partial charge on any atom is 0.0148 e. The SMILES string of the molecule is C1CC2C(CCN2CC2CC2)CN1. The maximum absolute atomic E-state index is 3.52. The Morgan fingerprint density at radius 1 is 1.15 bits per heavy atom. The molecule has 0 amide bonds. The fraction of sp³-hybridized carbons (Fsp3) is 1.00. The summed E-state index contributed by atoms with van der Waals surface area (Å²) in [5.74, 6) is 2.06. The molecule has 3 rings (SSSR count). The zero-order valence-corrected chi connectivity index (χ0v) is 8.34. The third-order valence-corrected chi connectivity index (χ3v) is 4.01. The lowest BCUT2D eigenvalue weighted by Crippen LogP contribution is -2.44. The molecule has 3 fully saturated rings. The van der Waals surface area contributed by atoms with Crippen molar-refractivity contribution in [3.8, 4) is 0 Å². The van der Waals surface area contributed by atoms with E-state index in [1.807, 2.05) is 0 Å². The Labute approximate surface area is 80.7 Å². The van der Waals surface area contributed by atoms with E-state index < -0.39 is 0 Å². The van der Waals surface area contributed by atoms with Gasteiger partial charge < -0.3 is 5.32 Å². The van der Waals surface area contributed by atoms with Gasteiger partial charge in [-0.1, -0.05) is 0 Å². The van der Waals surface area contributed by atoms with Crippen LogP contribution in [0.25, 0.3) is 0 Å². The van der Waals surface area contributed by atoms with E-state index in [1.54, 1.807) is 0 Å². The van der Waals surface area contributed by atoms with E-state index in [0.717, 1.165) is 17.9 Å². The molecule has 0 aromatic heterocycles. The fourth-order valence-corrected chi connectivity index (χ4v) is 3.04. The van der Waals surface area contributed by atoms with Crippen LogP contribution >= 0.6 is 0 Å². The van der Waals surface area contributed by atoms with Gasteiger partial charge in [-0.05, 0) is 57.2 Å². The largest absolute Gasteiger partial charge is 0.316 e.